The van der Waals surface area contributed by atoms with Crippen molar-refractivity contribution in [2.75, 3.05) is 17.2 Å². The summed E-state index contributed by atoms with van der Waals surface area (Å²) in [6.07, 6.45) is 1.14. The standard InChI is InChI=1S/C20H25N3O6S/c1-4-18(20(24)21-14-15-9-6-7-12-19(15)29-5-2)22(30(3,27)28)16-10-8-11-17(13-16)23(25)26/h6-13,18H,4-5,14H2,1-3H3,(H,21,24)/t18-/m0/s1. The summed E-state index contributed by atoms with van der Waals surface area (Å²) in [5, 5.41) is 13.8. The predicted octanol–water partition coefficient (Wildman–Crippen LogP) is 2.85. The summed E-state index contributed by atoms with van der Waals surface area (Å²) in [4.78, 5) is 23.4. The van der Waals surface area contributed by atoms with Crippen LogP contribution in [0, 0.1) is 10.1 Å². The van der Waals surface area contributed by atoms with Crippen LogP contribution < -0.4 is 14.4 Å². The van der Waals surface area contributed by atoms with Gasteiger partial charge in [0, 0.05) is 24.2 Å². The molecule has 30 heavy (non-hydrogen) atoms. The molecule has 1 atom stereocenters. The number of hydrogen-bond acceptors (Lipinski definition) is 6. The van der Waals surface area contributed by atoms with E-state index in [1.165, 1.54) is 18.2 Å². The summed E-state index contributed by atoms with van der Waals surface area (Å²) in [6, 6.07) is 11.4. The molecule has 9 nitrogen and oxygen atoms in total. The zero-order valence-corrected chi connectivity index (χ0v) is 17.9. The fraction of sp³-hybridized carbons (Fsp3) is 0.350. The third-order valence-electron chi connectivity index (χ3n) is 4.35. The number of non-ortho nitro benzene ring substituents is 1. The molecule has 0 unspecified atom stereocenters. The van der Waals surface area contributed by atoms with Gasteiger partial charge in [0.15, 0.2) is 0 Å². The molecular formula is C20H25N3O6S. The molecule has 0 aliphatic carbocycles. The van der Waals surface area contributed by atoms with Crippen LogP contribution in [0.3, 0.4) is 0 Å². The largest absolute Gasteiger partial charge is 0.494 e. The number of hydrogen-bond donors (Lipinski definition) is 1. The summed E-state index contributed by atoms with van der Waals surface area (Å²) in [6.45, 7) is 4.15. The molecule has 2 aromatic carbocycles. The van der Waals surface area contributed by atoms with Crippen molar-refractivity contribution in [1.29, 1.82) is 0 Å². The van der Waals surface area contributed by atoms with Crippen molar-refractivity contribution >= 4 is 27.3 Å². The van der Waals surface area contributed by atoms with E-state index in [0.717, 1.165) is 22.2 Å². The molecule has 0 aliphatic heterocycles. The SMILES string of the molecule is CCOc1ccccc1CNC(=O)[C@H](CC)N(c1cccc([N+](=O)[O-])c1)S(C)(=O)=O. The second-order valence-electron chi connectivity index (χ2n) is 6.52. The third-order valence-corrected chi connectivity index (χ3v) is 5.53. The van der Waals surface area contributed by atoms with Gasteiger partial charge in [-0.15, -0.1) is 0 Å². The van der Waals surface area contributed by atoms with Gasteiger partial charge in [-0.25, -0.2) is 8.42 Å². The van der Waals surface area contributed by atoms with E-state index < -0.39 is 26.9 Å². The van der Waals surface area contributed by atoms with Crippen LogP contribution >= 0.6 is 0 Å². The normalized spacial score (nSPS) is 12.1. The lowest BCUT2D eigenvalue weighted by atomic mass is 10.1. The van der Waals surface area contributed by atoms with Gasteiger partial charge in [-0.3, -0.25) is 19.2 Å². The average molecular weight is 436 g/mol. The van der Waals surface area contributed by atoms with Crippen LogP contribution in [-0.2, 0) is 21.4 Å². The van der Waals surface area contributed by atoms with Crippen molar-refractivity contribution < 1.29 is 22.9 Å². The molecule has 0 spiro atoms. The Morgan fingerprint density at radius 1 is 1.20 bits per heavy atom. The number of ether oxygens (including phenoxy) is 1. The van der Waals surface area contributed by atoms with E-state index in [-0.39, 0.29) is 24.3 Å². The van der Waals surface area contributed by atoms with Crippen LogP contribution in [0.5, 0.6) is 5.75 Å². The maximum atomic E-state index is 12.9. The first-order valence-corrected chi connectivity index (χ1v) is 11.3. The Bertz CT molecular complexity index is 1010. The first-order valence-electron chi connectivity index (χ1n) is 9.41. The van der Waals surface area contributed by atoms with Gasteiger partial charge in [-0.1, -0.05) is 31.2 Å². The second kappa shape index (κ2) is 10.1. The molecule has 0 saturated carbocycles. The number of nitrogens with one attached hydrogen (secondary N) is 1. The van der Waals surface area contributed by atoms with E-state index in [0.29, 0.717) is 12.4 Å². The van der Waals surface area contributed by atoms with Gasteiger partial charge >= 0.3 is 0 Å². The topological polar surface area (TPSA) is 119 Å². The molecule has 0 aliphatic rings. The number of carbonyl (C=O) groups is 1. The Labute approximate surface area is 175 Å². The minimum atomic E-state index is -3.89. The van der Waals surface area contributed by atoms with Gasteiger partial charge in [0.2, 0.25) is 15.9 Å². The highest BCUT2D eigenvalue weighted by atomic mass is 32.2. The van der Waals surface area contributed by atoms with E-state index in [4.69, 9.17) is 4.74 Å². The summed E-state index contributed by atoms with van der Waals surface area (Å²) >= 11 is 0. The number of carbonyl (C=O) groups excluding carboxylic acids is 1. The lowest BCUT2D eigenvalue weighted by Crippen LogP contribution is -2.49. The van der Waals surface area contributed by atoms with Crippen LogP contribution in [0.4, 0.5) is 11.4 Å². The number of nitro groups is 1. The average Bonchev–Trinajstić information content (AvgIpc) is 2.70. The van der Waals surface area contributed by atoms with Crippen molar-refractivity contribution in [1.82, 2.24) is 5.32 Å². The van der Waals surface area contributed by atoms with Gasteiger partial charge in [0.05, 0.1) is 23.5 Å². The minimum absolute atomic E-state index is 0.0587. The first-order chi connectivity index (χ1) is 14.2. The van der Waals surface area contributed by atoms with E-state index in [1.54, 1.807) is 19.1 Å². The highest BCUT2D eigenvalue weighted by Crippen LogP contribution is 2.26. The second-order valence-corrected chi connectivity index (χ2v) is 8.38. The molecule has 0 fully saturated rings. The number of benzene rings is 2. The van der Waals surface area contributed by atoms with Gasteiger partial charge in [-0.05, 0) is 25.5 Å². The molecule has 0 heterocycles. The summed E-state index contributed by atoms with van der Waals surface area (Å²) in [5.74, 6) is 0.118. The summed E-state index contributed by atoms with van der Waals surface area (Å²) < 4.78 is 31.4. The summed E-state index contributed by atoms with van der Waals surface area (Å²) in [7, 11) is -3.89. The van der Waals surface area contributed by atoms with Crippen LogP contribution in [0.2, 0.25) is 0 Å². The number of sulfonamides is 1. The lowest BCUT2D eigenvalue weighted by Gasteiger charge is -2.30. The van der Waals surface area contributed by atoms with Crippen molar-refractivity contribution in [2.45, 2.75) is 32.9 Å². The Hall–Kier alpha value is -3.14. The van der Waals surface area contributed by atoms with Crippen LogP contribution in [0.15, 0.2) is 48.5 Å². The monoisotopic (exact) mass is 435 g/mol. The van der Waals surface area contributed by atoms with Crippen molar-refractivity contribution in [3.05, 3.63) is 64.2 Å². The Morgan fingerprint density at radius 2 is 1.90 bits per heavy atom. The molecule has 2 rings (SSSR count). The van der Waals surface area contributed by atoms with Gasteiger partial charge in [0.25, 0.3) is 5.69 Å². The molecular weight excluding hydrogens is 410 g/mol. The van der Waals surface area contributed by atoms with Crippen LogP contribution in [-0.4, -0.2) is 38.2 Å². The molecule has 1 amide bonds. The Balaban J connectivity index is 2.31. The Morgan fingerprint density at radius 3 is 2.50 bits per heavy atom. The molecule has 0 bridgehead atoms. The minimum Gasteiger partial charge on any atom is -0.494 e. The summed E-state index contributed by atoms with van der Waals surface area (Å²) in [5.41, 5.74) is 0.550. The zero-order chi connectivity index (χ0) is 22.3. The van der Waals surface area contributed by atoms with E-state index >= 15 is 0 Å². The van der Waals surface area contributed by atoms with Crippen LogP contribution in [0.25, 0.3) is 0 Å². The van der Waals surface area contributed by atoms with Gasteiger partial charge in [0.1, 0.15) is 11.8 Å². The van der Waals surface area contributed by atoms with E-state index in [9.17, 15) is 23.3 Å². The van der Waals surface area contributed by atoms with Crippen molar-refractivity contribution in [2.24, 2.45) is 0 Å². The van der Waals surface area contributed by atoms with Gasteiger partial charge < -0.3 is 10.1 Å². The number of amides is 1. The van der Waals surface area contributed by atoms with Crippen molar-refractivity contribution in [3.8, 4) is 5.75 Å². The van der Waals surface area contributed by atoms with Gasteiger partial charge in [-0.2, -0.15) is 0 Å². The number of anilines is 1. The third kappa shape index (κ3) is 5.69. The lowest BCUT2D eigenvalue weighted by molar-refractivity contribution is -0.384. The molecule has 10 heteroatoms. The highest BCUT2D eigenvalue weighted by molar-refractivity contribution is 7.92. The smallest absolute Gasteiger partial charge is 0.271 e. The number of rotatable bonds is 10. The molecule has 0 radical (unpaired) electrons. The quantitative estimate of drug-likeness (QED) is 0.453. The molecule has 1 N–H and O–H groups in total. The zero-order valence-electron chi connectivity index (χ0n) is 17.1. The molecule has 2 aromatic rings. The predicted molar refractivity (Wildman–Crippen MR) is 114 cm³/mol. The number of nitro benzene ring substituents is 1. The number of nitrogens with zero attached hydrogens (tertiary/aromatic N) is 2. The van der Waals surface area contributed by atoms with E-state index in [1.807, 2.05) is 19.1 Å². The maximum Gasteiger partial charge on any atom is 0.271 e. The maximum absolute atomic E-state index is 12.9. The highest BCUT2D eigenvalue weighted by Gasteiger charge is 2.32. The molecule has 0 aromatic heterocycles. The van der Waals surface area contributed by atoms with E-state index in [2.05, 4.69) is 5.32 Å². The van der Waals surface area contributed by atoms with Crippen molar-refractivity contribution in [3.63, 3.8) is 0 Å². The fourth-order valence-corrected chi connectivity index (χ4v) is 4.25. The molecule has 0 saturated heterocycles. The number of para-hydroxylation sites is 1. The molecule has 162 valence electrons. The van der Waals surface area contributed by atoms with Crippen LogP contribution in [0.1, 0.15) is 25.8 Å². The Kier molecular flexibility index (Phi) is 7.76. The first kappa shape index (κ1) is 23.1. The fourth-order valence-electron chi connectivity index (χ4n) is 3.05.